The first-order chi connectivity index (χ1) is 19.9. The summed E-state index contributed by atoms with van der Waals surface area (Å²) >= 11 is 11.8. The van der Waals surface area contributed by atoms with Gasteiger partial charge >= 0.3 is 0 Å². The minimum atomic E-state index is -0.138. The van der Waals surface area contributed by atoms with Crippen LogP contribution in [0.2, 0.25) is 10.0 Å². The molecular weight excluding hydrogens is 559 g/mol. The minimum Gasteiger partial charge on any atom is -0.290 e. The molecule has 0 amide bonds. The van der Waals surface area contributed by atoms with Crippen LogP contribution in [0.3, 0.4) is 0 Å². The van der Waals surface area contributed by atoms with Crippen molar-refractivity contribution in [2.75, 3.05) is 0 Å². The first-order valence-corrected chi connectivity index (χ1v) is 13.9. The molecule has 0 spiro atoms. The van der Waals surface area contributed by atoms with Crippen LogP contribution in [-0.2, 0) is 6.54 Å². The van der Waals surface area contributed by atoms with Crippen LogP contribution in [0.4, 0.5) is 0 Å². The third-order valence-electron chi connectivity index (χ3n) is 6.81. The lowest BCUT2D eigenvalue weighted by Crippen LogP contribution is -2.23. The fourth-order valence-electron chi connectivity index (χ4n) is 4.67. The number of aromatic nitrogens is 6. The van der Waals surface area contributed by atoms with Crippen LogP contribution < -0.4 is 11.1 Å². The number of fused-ring (bicyclic) bond motifs is 2. The topological polar surface area (TPSA) is 95.6 Å². The first kappa shape index (κ1) is 26.8. The molecule has 7 rings (SSSR count). The van der Waals surface area contributed by atoms with E-state index in [0.29, 0.717) is 44.8 Å². The molecule has 0 radical (unpaired) electrons. The quantitative estimate of drug-likeness (QED) is 0.233. The summed E-state index contributed by atoms with van der Waals surface area (Å²) in [5.41, 5.74) is 4.93. The fraction of sp³-hybridized carbons (Fsp3) is 0.161. The number of nitrogens with zero attached hydrogens (tertiary/aromatic N) is 6. The summed E-state index contributed by atoms with van der Waals surface area (Å²) in [4.78, 5) is 42.8. The molecule has 2 aromatic carbocycles. The molecule has 0 saturated heterocycles. The van der Waals surface area contributed by atoms with E-state index in [-0.39, 0.29) is 17.2 Å². The number of rotatable bonds is 4. The van der Waals surface area contributed by atoms with Gasteiger partial charge in [-0.2, -0.15) is 0 Å². The third-order valence-corrected chi connectivity index (χ3v) is 7.32. The van der Waals surface area contributed by atoms with Crippen molar-refractivity contribution in [3.05, 3.63) is 116 Å². The number of halogens is 2. The molecule has 10 heteroatoms. The molecule has 6 aromatic rings. The Kier molecular flexibility index (Phi) is 7.34. The zero-order valence-electron chi connectivity index (χ0n) is 22.0. The minimum absolute atomic E-state index is 0.0778. The van der Waals surface area contributed by atoms with Crippen molar-refractivity contribution in [2.24, 2.45) is 0 Å². The molecule has 4 aromatic heterocycles. The van der Waals surface area contributed by atoms with Gasteiger partial charge in [0, 0.05) is 46.2 Å². The van der Waals surface area contributed by atoms with Crippen molar-refractivity contribution in [1.29, 1.82) is 0 Å². The van der Waals surface area contributed by atoms with E-state index in [9.17, 15) is 9.59 Å². The zero-order valence-corrected chi connectivity index (χ0v) is 23.5. The number of aryl methyl sites for hydroxylation is 1. The van der Waals surface area contributed by atoms with Crippen LogP contribution in [0.15, 0.2) is 94.8 Å². The van der Waals surface area contributed by atoms with E-state index in [1.54, 1.807) is 57.9 Å². The summed E-state index contributed by atoms with van der Waals surface area (Å²) in [6, 6.07) is 21.9. The van der Waals surface area contributed by atoms with Crippen molar-refractivity contribution in [2.45, 2.75) is 32.4 Å². The van der Waals surface area contributed by atoms with Gasteiger partial charge in [0.2, 0.25) is 0 Å². The van der Waals surface area contributed by atoms with Gasteiger partial charge in [-0.3, -0.25) is 18.7 Å². The molecule has 0 atom stereocenters. The SMILES string of the molecule is CCn1c(=O)c(-c2ccc(Cl)cc2)nc2cccnc21.O=c1c(-c2ccc(Cl)cc2)nc2cccnc2n1C1CC1. The van der Waals surface area contributed by atoms with E-state index in [4.69, 9.17) is 23.2 Å². The van der Waals surface area contributed by atoms with Crippen LogP contribution in [0, 0.1) is 0 Å². The molecule has 1 fully saturated rings. The molecule has 0 bridgehead atoms. The van der Waals surface area contributed by atoms with Gasteiger partial charge in [-0.05, 0) is 68.3 Å². The molecule has 0 N–H and O–H groups in total. The van der Waals surface area contributed by atoms with Crippen molar-refractivity contribution < 1.29 is 0 Å². The van der Waals surface area contributed by atoms with E-state index in [2.05, 4.69) is 19.9 Å². The van der Waals surface area contributed by atoms with Gasteiger partial charge in [-0.25, -0.2) is 19.9 Å². The molecule has 1 aliphatic rings. The summed E-state index contributed by atoms with van der Waals surface area (Å²) in [6.07, 6.45) is 5.41. The smallest absolute Gasteiger partial charge is 0.278 e. The highest BCUT2D eigenvalue weighted by Gasteiger charge is 2.28. The molecule has 8 nitrogen and oxygen atoms in total. The van der Waals surface area contributed by atoms with Gasteiger partial charge in [-0.15, -0.1) is 0 Å². The lowest BCUT2D eigenvalue weighted by atomic mass is 10.1. The van der Waals surface area contributed by atoms with Gasteiger partial charge in [0.05, 0.1) is 0 Å². The van der Waals surface area contributed by atoms with Crippen molar-refractivity contribution in [3.8, 4) is 22.5 Å². The van der Waals surface area contributed by atoms with Gasteiger partial charge in [-0.1, -0.05) is 47.5 Å². The van der Waals surface area contributed by atoms with Crippen LogP contribution in [0.1, 0.15) is 25.8 Å². The normalized spacial score (nSPS) is 12.8. The number of pyridine rings is 2. The molecule has 0 aliphatic heterocycles. The maximum atomic E-state index is 12.8. The first-order valence-electron chi connectivity index (χ1n) is 13.2. The highest BCUT2D eigenvalue weighted by Crippen LogP contribution is 2.35. The van der Waals surface area contributed by atoms with Gasteiger partial charge in [0.1, 0.15) is 22.4 Å². The Morgan fingerprint density at radius 1 is 0.707 bits per heavy atom. The van der Waals surface area contributed by atoms with Gasteiger partial charge in [0.25, 0.3) is 11.1 Å². The van der Waals surface area contributed by atoms with E-state index in [1.165, 1.54) is 0 Å². The third kappa shape index (κ3) is 5.36. The highest BCUT2D eigenvalue weighted by molar-refractivity contribution is 6.30. The average molecular weight is 583 g/mol. The Labute approximate surface area is 244 Å². The van der Waals surface area contributed by atoms with Crippen molar-refractivity contribution in [1.82, 2.24) is 29.1 Å². The predicted octanol–water partition coefficient (Wildman–Crippen LogP) is 6.58. The van der Waals surface area contributed by atoms with Crippen LogP contribution >= 0.6 is 23.2 Å². The second kappa shape index (κ2) is 11.2. The Morgan fingerprint density at radius 2 is 1.20 bits per heavy atom. The van der Waals surface area contributed by atoms with Crippen LogP contribution in [0.5, 0.6) is 0 Å². The van der Waals surface area contributed by atoms with Crippen LogP contribution in [0.25, 0.3) is 44.8 Å². The van der Waals surface area contributed by atoms with Crippen molar-refractivity contribution >= 4 is 45.5 Å². The standard InChI is InChI=1S/C16H12ClN3O.C15H12ClN3O/c17-11-5-3-10(4-6-11)14-16(21)20(12-7-8-12)15-13(19-14)2-1-9-18-15;1-2-19-14-12(4-3-9-17-14)18-13(15(19)20)10-5-7-11(16)8-6-10/h1-6,9,12H,7-8H2;3-9H,2H2,1H3. The summed E-state index contributed by atoms with van der Waals surface area (Å²) in [5.74, 6) is 0. The molecule has 41 heavy (non-hydrogen) atoms. The largest absolute Gasteiger partial charge is 0.290 e. The Bertz CT molecular complexity index is 2000. The fourth-order valence-corrected chi connectivity index (χ4v) is 4.92. The monoisotopic (exact) mass is 582 g/mol. The molecule has 1 aliphatic carbocycles. The lowest BCUT2D eigenvalue weighted by Gasteiger charge is -2.10. The summed E-state index contributed by atoms with van der Waals surface area (Å²) < 4.78 is 3.42. The van der Waals surface area contributed by atoms with E-state index < -0.39 is 0 Å². The predicted molar refractivity (Wildman–Crippen MR) is 162 cm³/mol. The maximum Gasteiger partial charge on any atom is 0.278 e. The van der Waals surface area contributed by atoms with Gasteiger partial charge in [0.15, 0.2) is 11.3 Å². The number of hydrogen-bond donors (Lipinski definition) is 0. The second-order valence-corrected chi connectivity index (χ2v) is 10.5. The molecule has 1 saturated carbocycles. The highest BCUT2D eigenvalue weighted by atomic mass is 35.5. The Hall–Kier alpha value is -4.40. The van der Waals surface area contributed by atoms with Gasteiger partial charge < -0.3 is 0 Å². The summed E-state index contributed by atoms with van der Waals surface area (Å²) in [6.45, 7) is 2.47. The Morgan fingerprint density at radius 3 is 1.71 bits per heavy atom. The average Bonchev–Trinajstić information content (AvgIpc) is 3.83. The zero-order chi connectivity index (χ0) is 28.5. The second-order valence-electron chi connectivity index (χ2n) is 9.58. The lowest BCUT2D eigenvalue weighted by molar-refractivity contribution is 0.726. The van der Waals surface area contributed by atoms with Crippen LogP contribution in [-0.4, -0.2) is 29.1 Å². The Balaban J connectivity index is 0.000000148. The molecule has 4 heterocycles. The molecule has 0 unspecified atom stereocenters. The number of benzene rings is 2. The molecular formula is C31H24Cl2N6O2. The van der Waals surface area contributed by atoms with E-state index in [0.717, 1.165) is 29.5 Å². The van der Waals surface area contributed by atoms with Crippen molar-refractivity contribution in [3.63, 3.8) is 0 Å². The summed E-state index contributed by atoms with van der Waals surface area (Å²) in [7, 11) is 0. The van der Waals surface area contributed by atoms with E-state index in [1.807, 2.05) is 43.3 Å². The number of hydrogen-bond acceptors (Lipinski definition) is 6. The molecule has 204 valence electrons. The summed E-state index contributed by atoms with van der Waals surface area (Å²) in [5, 5.41) is 1.27. The van der Waals surface area contributed by atoms with E-state index >= 15 is 0 Å². The maximum absolute atomic E-state index is 12.8.